The molecule has 0 aromatic rings. The molecule has 2 atom stereocenters. The Morgan fingerprint density at radius 2 is 1.73 bits per heavy atom. The fourth-order valence-electron chi connectivity index (χ4n) is 1.71. The lowest BCUT2D eigenvalue weighted by Gasteiger charge is -2.30. The molecule has 92 valence electrons. The number of hydrogen-bond donors (Lipinski definition) is 0. The van der Waals surface area contributed by atoms with Crippen molar-refractivity contribution < 1.29 is 4.74 Å². The van der Waals surface area contributed by atoms with Crippen LogP contribution < -0.4 is 0 Å². The summed E-state index contributed by atoms with van der Waals surface area (Å²) in [5, 5.41) is 0. The van der Waals surface area contributed by atoms with Crippen LogP contribution in [0.15, 0.2) is 0 Å². The Morgan fingerprint density at radius 3 is 2.13 bits per heavy atom. The number of ether oxygens (including phenoxy) is 1. The lowest BCUT2D eigenvalue weighted by molar-refractivity contribution is 0.106. The Kier molecular flexibility index (Phi) is 8.55. The lowest BCUT2D eigenvalue weighted by Crippen LogP contribution is -2.43. The summed E-state index contributed by atoms with van der Waals surface area (Å²) >= 11 is 2.61. The van der Waals surface area contributed by atoms with E-state index in [1.54, 1.807) is 0 Å². The third-order valence-corrected chi connectivity index (χ3v) is 11.2. The van der Waals surface area contributed by atoms with Crippen molar-refractivity contribution in [3.63, 3.8) is 0 Å². The molecule has 0 unspecified atom stereocenters. The number of hydrogen-bond acceptors (Lipinski definition) is 1. The van der Waals surface area contributed by atoms with E-state index in [4.69, 9.17) is 4.74 Å². The largest absolute Gasteiger partial charge is 0.381 e. The van der Waals surface area contributed by atoms with Crippen molar-refractivity contribution in [1.29, 1.82) is 0 Å². The smallest absolute Gasteiger partial charge is 0.0663 e. The van der Waals surface area contributed by atoms with Crippen LogP contribution in [0.5, 0.6) is 0 Å². The summed E-state index contributed by atoms with van der Waals surface area (Å²) in [6, 6.07) is 0. The molecule has 1 nitrogen and oxygen atoms in total. The predicted octanol–water partition coefficient (Wildman–Crippen LogP) is 4.65. The Bertz CT molecular complexity index is 156. The van der Waals surface area contributed by atoms with E-state index in [1.807, 2.05) is 7.11 Å². The van der Waals surface area contributed by atoms with Gasteiger partial charge in [-0.05, 0) is 6.42 Å². The van der Waals surface area contributed by atoms with Crippen molar-refractivity contribution in [2.24, 2.45) is 0 Å². The number of rotatable bonds is 8. The Labute approximate surface area is 111 Å². The normalized spacial score (nSPS) is 16.4. The zero-order chi connectivity index (χ0) is 11.9. The van der Waals surface area contributed by atoms with Crippen LogP contribution in [0.1, 0.15) is 39.0 Å². The molecule has 15 heavy (non-hydrogen) atoms. The minimum Gasteiger partial charge on any atom is -0.381 e. The average Bonchev–Trinajstić information content (AvgIpc) is 2.16. The average molecular weight is 342 g/mol. The standard InChI is InChI=1S/C12H27IOSi/c1-6-7-8-9-10-11(14-2)12(13)15(3,4)5/h11-12H,6-10H2,1-5H3/t11-,12-/m0/s1. The van der Waals surface area contributed by atoms with E-state index >= 15 is 0 Å². The van der Waals surface area contributed by atoms with Crippen LogP contribution in [-0.2, 0) is 4.74 Å². The molecule has 0 aliphatic carbocycles. The van der Waals surface area contributed by atoms with E-state index < -0.39 is 8.07 Å². The van der Waals surface area contributed by atoms with Crippen molar-refractivity contribution in [2.75, 3.05) is 7.11 Å². The molecule has 0 aromatic carbocycles. The van der Waals surface area contributed by atoms with Gasteiger partial charge in [0.1, 0.15) is 0 Å². The van der Waals surface area contributed by atoms with E-state index in [0.29, 0.717) is 6.10 Å². The molecule has 0 aliphatic rings. The summed E-state index contributed by atoms with van der Waals surface area (Å²) in [7, 11) is 0.820. The molecule has 0 fully saturated rings. The molecule has 0 heterocycles. The van der Waals surface area contributed by atoms with E-state index in [-0.39, 0.29) is 0 Å². The first-order valence-corrected chi connectivity index (χ1v) is 10.9. The molecule has 0 aromatic heterocycles. The fraction of sp³-hybridized carbons (Fsp3) is 1.00. The summed E-state index contributed by atoms with van der Waals surface area (Å²) in [5.41, 5.74) is 0. The maximum Gasteiger partial charge on any atom is 0.0663 e. The van der Waals surface area contributed by atoms with Crippen LogP contribution in [0.25, 0.3) is 0 Å². The summed E-state index contributed by atoms with van der Waals surface area (Å²) in [5.74, 6) is 0. The SMILES string of the molecule is CCCCCC[C@H](OC)[C@@H](I)[Si](C)(C)C. The van der Waals surface area contributed by atoms with Crippen LogP contribution in [0.2, 0.25) is 19.6 Å². The Balaban J connectivity index is 3.91. The second kappa shape index (κ2) is 8.07. The van der Waals surface area contributed by atoms with Gasteiger partial charge in [0.15, 0.2) is 0 Å². The van der Waals surface area contributed by atoms with E-state index in [2.05, 4.69) is 49.2 Å². The van der Waals surface area contributed by atoms with Crippen molar-refractivity contribution in [1.82, 2.24) is 0 Å². The summed E-state index contributed by atoms with van der Waals surface area (Å²) in [6.45, 7) is 9.56. The van der Waals surface area contributed by atoms with Gasteiger partial charge < -0.3 is 4.74 Å². The number of alkyl halides is 1. The third kappa shape index (κ3) is 6.95. The number of halogens is 1. The van der Waals surface area contributed by atoms with Gasteiger partial charge in [-0.25, -0.2) is 0 Å². The lowest BCUT2D eigenvalue weighted by atomic mass is 10.1. The van der Waals surface area contributed by atoms with Gasteiger partial charge in [0.2, 0.25) is 0 Å². The van der Waals surface area contributed by atoms with Gasteiger partial charge in [-0.3, -0.25) is 0 Å². The minimum absolute atomic E-state index is 0.481. The van der Waals surface area contributed by atoms with Gasteiger partial charge >= 0.3 is 0 Å². The molecule has 0 spiro atoms. The molecule has 0 radical (unpaired) electrons. The maximum atomic E-state index is 5.65. The van der Waals surface area contributed by atoms with Crippen LogP contribution >= 0.6 is 22.6 Å². The fourth-order valence-corrected chi connectivity index (χ4v) is 3.78. The van der Waals surface area contributed by atoms with Crippen LogP contribution in [-0.4, -0.2) is 24.8 Å². The van der Waals surface area contributed by atoms with Crippen molar-refractivity contribution in [3.05, 3.63) is 0 Å². The van der Waals surface area contributed by atoms with Gasteiger partial charge in [-0.15, -0.1) is 0 Å². The van der Waals surface area contributed by atoms with Crippen molar-refractivity contribution >= 4 is 30.7 Å². The van der Waals surface area contributed by atoms with Crippen LogP contribution in [0.3, 0.4) is 0 Å². The zero-order valence-corrected chi connectivity index (χ0v) is 14.1. The van der Waals surface area contributed by atoms with Crippen LogP contribution in [0, 0.1) is 0 Å². The highest BCUT2D eigenvalue weighted by atomic mass is 127. The molecule has 0 saturated carbocycles. The summed E-state index contributed by atoms with van der Waals surface area (Å²) in [4.78, 5) is 0. The van der Waals surface area contributed by atoms with Gasteiger partial charge in [0.05, 0.1) is 14.2 Å². The monoisotopic (exact) mass is 342 g/mol. The highest BCUT2D eigenvalue weighted by Gasteiger charge is 2.31. The van der Waals surface area contributed by atoms with Gasteiger partial charge in [0.25, 0.3) is 0 Å². The molecule has 0 bridgehead atoms. The van der Waals surface area contributed by atoms with E-state index in [1.165, 1.54) is 32.1 Å². The maximum absolute atomic E-state index is 5.65. The summed E-state index contributed by atoms with van der Waals surface area (Å²) < 4.78 is 6.38. The number of unbranched alkanes of at least 4 members (excludes halogenated alkanes) is 3. The highest BCUT2D eigenvalue weighted by Crippen LogP contribution is 2.25. The summed E-state index contributed by atoms with van der Waals surface area (Å²) in [6.07, 6.45) is 7.11. The zero-order valence-electron chi connectivity index (χ0n) is 11.0. The predicted molar refractivity (Wildman–Crippen MR) is 80.7 cm³/mol. The molecular weight excluding hydrogens is 315 g/mol. The third-order valence-electron chi connectivity index (χ3n) is 2.80. The van der Waals surface area contributed by atoms with Crippen LogP contribution in [0.4, 0.5) is 0 Å². The molecular formula is C12H27IOSi. The molecule has 3 heteroatoms. The van der Waals surface area contributed by atoms with Crippen molar-refractivity contribution in [3.8, 4) is 0 Å². The minimum atomic E-state index is -1.05. The molecule has 0 N–H and O–H groups in total. The number of methoxy groups -OCH3 is 1. The van der Waals surface area contributed by atoms with Crippen molar-refractivity contribution in [2.45, 2.75) is 68.3 Å². The Morgan fingerprint density at radius 1 is 1.13 bits per heavy atom. The Hall–Kier alpha value is 0.907. The first-order chi connectivity index (χ1) is 6.93. The van der Waals surface area contributed by atoms with Gasteiger partial charge in [0, 0.05) is 10.7 Å². The first-order valence-electron chi connectivity index (χ1n) is 6.10. The first kappa shape index (κ1) is 15.9. The molecule has 0 rings (SSSR count). The molecule has 0 aliphatic heterocycles. The molecule has 0 saturated heterocycles. The molecule has 0 amide bonds. The second-order valence-electron chi connectivity index (χ2n) is 5.39. The van der Waals surface area contributed by atoms with E-state index in [0.717, 1.165) is 3.55 Å². The van der Waals surface area contributed by atoms with Gasteiger partial charge in [-0.2, -0.15) is 0 Å². The quantitative estimate of drug-likeness (QED) is 0.270. The van der Waals surface area contributed by atoms with E-state index in [9.17, 15) is 0 Å². The topological polar surface area (TPSA) is 9.23 Å². The highest BCUT2D eigenvalue weighted by molar-refractivity contribution is 14.1. The second-order valence-corrected chi connectivity index (χ2v) is 13.3. The van der Waals surface area contributed by atoms with Gasteiger partial charge in [-0.1, -0.05) is 74.8 Å².